The van der Waals surface area contributed by atoms with Gasteiger partial charge in [-0.2, -0.15) is 0 Å². The summed E-state index contributed by atoms with van der Waals surface area (Å²) in [4.78, 5) is 2.29. The Morgan fingerprint density at radius 3 is 2.59 bits per heavy atom. The molecule has 1 N–H and O–H groups in total. The summed E-state index contributed by atoms with van der Waals surface area (Å²) in [6.07, 6.45) is 0.461. The van der Waals surface area contributed by atoms with Crippen molar-refractivity contribution in [1.82, 2.24) is 0 Å². The number of aliphatic hydroxyl groups is 1. The predicted molar refractivity (Wildman–Crippen MR) is 72.3 cm³/mol. The molecule has 0 aromatic heterocycles. The lowest BCUT2D eigenvalue weighted by Gasteiger charge is -2.37. The monoisotopic (exact) mass is 299 g/mol. The highest BCUT2D eigenvalue weighted by atomic mass is 79.9. The molecule has 4 heteroatoms. The molecule has 2 atom stereocenters. The van der Waals surface area contributed by atoms with E-state index in [4.69, 9.17) is 4.74 Å². The first kappa shape index (κ1) is 12.9. The molecule has 17 heavy (non-hydrogen) atoms. The molecular weight excluding hydrogens is 282 g/mol. The lowest BCUT2D eigenvalue weighted by atomic mass is 10.1. The van der Waals surface area contributed by atoms with Crippen LogP contribution in [0.15, 0.2) is 22.7 Å². The lowest BCUT2D eigenvalue weighted by molar-refractivity contribution is -0.00531. The number of anilines is 1. The largest absolute Gasteiger partial charge is 0.392 e. The van der Waals surface area contributed by atoms with Crippen molar-refractivity contribution in [3.05, 3.63) is 28.2 Å². The number of benzene rings is 1. The fourth-order valence-corrected chi connectivity index (χ4v) is 2.77. The zero-order valence-corrected chi connectivity index (χ0v) is 11.8. The van der Waals surface area contributed by atoms with Crippen LogP contribution in [0.4, 0.5) is 5.69 Å². The summed E-state index contributed by atoms with van der Waals surface area (Å²) in [5.41, 5.74) is 2.07. The predicted octanol–water partition coefficient (Wildman–Crippen LogP) is 2.56. The van der Waals surface area contributed by atoms with Gasteiger partial charge in [0.2, 0.25) is 0 Å². The van der Waals surface area contributed by atoms with E-state index < -0.39 is 0 Å². The molecule has 0 spiro atoms. The maximum atomic E-state index is 9.43. The summed E-state index contributed by atoms with van der Waals surface area (Å²) < 4.78 is 6.72. The third-order valence-corrected chi connectivity index (χ3v) is 3.47. The van der Waals surface area contributed by atoms with E-state index in [0.29, 0.717) is 0 Å². The topological polar surface area (TPSA) is 32.7 Å². The normalized spacial score (nSPS) is 25.1. The van der Waals surface area contributed by atoms with E-state index in [0.717, 1.165) is 28.8 Å². The van der Waals surface area contributed by atoms with Crippen LogP contribution in [0.25, 0.3) is 0 Å². The molecule has 1 aliphatic rings. The molecule has 1 aromatic carbocycles. The fourth-order valence-electron chi connectivity index (χ4n) is 2.36. The van der Waals surface area contributed by atoms with E-state index in [1.807, 2.05) is 12.1 Å². The van der Waals surface area contributed by atoms with Gasteiger partial charge in [0.15, 0.2) is 0 Å². The van der Waals surface area contributed by atoms with Gasteiger partial charge >= 0.3 is 0 Å². The molecule has 1 aliphatic heterocycles. The summed E-state index contributed by atoms with van der Waals surface area (Å²) in [5, 5.41) is 9.43. The lowest BCUT2D eigenvalue weighted by Crippen LogP contribution is -2.45. The van der Waals surface area contributed by atoms with Crippen molar-refractivity contribution in [2.75, 3.05) is 18.0 Å². The zero-order valence-electron chi connectivity index (χ0n) is 10.2. The molecule has 0 saturated carbocycles. The van der Waals surface area contributed by atoms with E-state index in [1.54, 1.807) is 0 Å². The van der Waals surface area contributed by atoms with Crippen LogP contribution >= 0.6 is 15.9 Å². The number of halogens is 1. The van der Waals surface area contributed by atoms with Crippen LogP contribution in [-0.4, -0.2) is 30.4 Å². The summed E-state index contributed by atoms with van der Waals surface area (Å²) in [6, 6.07) is 6.04. The van der Waals surface area contributed by atoms with Crippen molar-refractivity contribution in [3.63, 3.8) is 0 Å². The van der Waals surface area contributed by atoms with Crippen molar-refractivity contribution >= 4 is 21.6 Å². The maximum Gasteiger partial charge on any atom is 0.0726 e. The Kier molecular flexibility index (Phi) is 4.07. The smallest absolute Gasteiger partial charge is 0.0726 e. The van der Waals surface area contributed by atoms with E-state index in [9.17, 15) is 5.11 Å². The molecular formula is C13H18BrNO2. The molecule has 1 fully saturated rings. The van der Waals surface area contributed by atoms with Crippen LogP contribution < -0.4 is 4.90 Å². The zero-order chi connectivity index (χ0) is 12.4. The number of aliphatic hydroxyl groups excluding tert-OH is 1. The van der Waals surface area contributed by atoms with Gasteiger partial charge in [0.05, 0.1) is 18.8 Å². The van der Waals surface area contributed by atoms with E-state index >= 15 is 0 Å². The second-order valence-electron chi connectivity index (χ2n) is 4.59. The van der Waals surface area contributed by atoms with E-state index in [2.05, 4.69) is 40.7 Å². The minimum absolute atomic E-state index is 0.0644. The Balaban J connectivity index is 2.26. The Bertz CT molecular complexity index is 387. The molecule has 0 bridgehead atoms. The Morgan fingerprint density at radius 1 is 1.35 bits per heavy atom. The quantitative estimate of drug-likeness (QED) is 0.911. The average Bonchev–Trinajstić information content (AvgIpc) is 2.27. The van der Waals surface area contributed by atoms with Crippen LogP contribution in [0.5, 0.6) is 0 Å². The summed E-state index contributed by atoms with van der Waals surface area (Å²) in [5.74, 6) is 0. The number of morpholine rings is 1. The van der Waals surface area contributed by atoms with Crippen molar-refractivity contribution in [2.24, 2.45) is 0 Å². The fraction of sp³-hybridized carbons (Fsp3) is 0.538. The Hall–Kier alpha value is -0.580. The molecule has 0 amide bonds. The van der Waals surface area contributed by atoms with Crippen LogP contribution in [-0.2, 0) is 11.3 Å². The third-order valence-electron chi connectivity index (χ3n) is 2.97. The number of hydrogen-bond acceptors (Lipinski definition) is 3. The molecule has 2 rings (SSSR count). The molecule has 0 aliphatic carbocycles. The molecule has 94 valence electrons. The van der Waals surface area contributed by atoms with Gasteiger partial charge in [-0.25, -0.2) is 0 Å². The van der Waals surface area contributed by atoms with Gasteiger partial charge in [-0.05, 0) is 32.0 Å². The Labute approximate surface area is 111 Å². The first-order valence-corrected chi connectivity index (χ1v) is 6.69. The highest BCUT2D eigenvalue weighted by Crippen LogP contribution is 2.27. The standard InChI is InChI=1S/C13H18BrNO2/c1-9-6-15(7-10(2)17-9)13-4-3-12(14)5-11(13)8-16/h3-5,9-10,16H,6-8H2,1-2H3/t9-,10+. The first-order chi connectivity index (χ1) is 8.10. The van der Waals surface area contributed by atoms with Crippen molar-refractivity contribution in [2.45, 2.75) is 32.7 Å². The van der Waals surface area contributed by atoms with Crippen molar-refractivity contribution < 1.29 is 9.84 Å². The van der Waals surface area contributed by atoms with Gasteiger partial charge in [0, 0.05) is 28.8 Å². The molecule has 0 unspecified atom stereocenters. The summed E-state index contributed by atoms with van der Waals surface area (Å²) in [6.45, 7) is 5.98. The summed E-state index contributed by atoms with van der Waals surface area (Å²) in [7, 11) is 0. The van der Waals surface area contributed by atoms with Gasteiger partial charge < -0.3 is 14.7 Å². The maximum absolute atomic E-state index is 9.43. The molecule has 1 aromatic rings. The number of rotatable bonds is 2. The average molecular weight is 300 g/mol. The SMILES string of the molecule is C[C@@H]1CN(c2ccc(Br)cc2CO)C[C@H](C)O1. The van der Waals surface area contributed by atoms with Crippen molar-refractivity contribution in [3.8, 4) is 0 Å². The highest BCUT2D eigenvalue weighted by Gasteiger charge is 2.23. The molecule has 1 saturated heterocycles. The number of nitrogens with zero attached hydrogens (tertiary/aromatic N) is 1. The van der Waals surface area contributed by atoms with Gasteiger partial charge in [0.25, 0.3) is 0 Å². The van der Waals surface area contributed by atoms with Crippen LogP contribution in [0.1, 0.15) is 19.4 Å². The minimum atomic E-state index is 0.0644. The van der Waals surface area contributed by atoms with Gasteiger partial charge in [-0.1, -0.05) is 15.9 Å². The van der Waals surface area contributed by atoms with Crippen LogP contribution in [0.2, 0.25) is 0 Å². The third kappa shape index (κ3) is 3.00. The first-order valence-electron chi connectivity index (χ1n) is 5.90. The van der Waals surface area contributed by atoms with Crippen molar-refractivity contribution in [1.29, 1.82) is 0 Å². The number of hydrogen-bond donors (Lipinski definition) is 1. The van der Waals surface area contributed by atoms with E-state index in [1.165, 1.54) is 0 Å². The second kappa shape index (κ2) is 5.38. The second-order valence-corrected chi connectivity index (χ2v) is 5.51. The van der Waals surface area contributed by atoms with Gasteiger partial charge in [-0.3, -0.25) is 0 Å². The minimum Gasteiger partial charge on any atom is -0.392 e. The van der Waals surface area contributed by atoms with Gasteiger partial charge in [-0.15, -0.1) is 0 Å². The van der Waals surface area contributed by atoms with Crippen LogP contribution in [0, 0.1) is 0 Å². The number of ether oxygens (including phenoxy) is 1. The van der Waals surface area contributed by atoms with Crippen LogP contribution in [0.3, 0.4) is 0 Å². The summed E-state index contributed by atoms with van der Waals surface area (Å²) >= 11 is 3.43. The van der Waals surface area contributed by atoms with E-state index in [-0.39, 0.29) is 18.8 Å². The molecule has 1 heterocycles. The molecule has 0 radical (unpaired) electrons. The highest BCUT2D eigenvalue weighted by molar-refractivity contribution is 9.10. The molecule has 3 nitrogen and oxygen atoms in total. The van der Waals surface area contributed by atoms with Gasteiger partial charge in [0.1, 0.15) is 0 Å². The Morgan fingerprint density at radius 2 is 2.00 bits per heavy atom.